The second kappa shape index (κ2) is 10.2. The highest BCUT2D eigenvalue weighted by Gasteiger charge is 2.40. The number of rotatable bonds is 7. The first-order valence-corrected chi connectivity index (χ1v) is 13.8. The number of esters is 1. The number of thiazole rings is 1. The smallest absolute Gasteiger partial charge is 0.322 e. The number of carbonyl (C=O) groups excluding carboxylic acids is 1. The summed E-state index contributed by atoms with van der Waals surface area (Å²) < 4.78 is 45.8. The van der Waals surface area contributed by atoms with Gasteiger partial charge in [-0.25, -0.2) is 22.5 Å². The molecule has 0 aliphatic carbocycles. The van der Waals surface area contributed by atoms with Crippen LogP contribution in [0, 0.1) is 5.82 Å². The van der Waals surface area contributed by atoms with Crippen LogP contribution >= 0.6 is 38.9 Å². The number of methoxy groups -OCH3 is 1. The van der Waals surface area contributed by atoms with Crippen molar-refractivity contribution in [2.24, 2.45) is 4.99 Å². The molecule has 2 aliphatic rings. The fraction of sp³-hybridized carbons (Fsp3) is 0.286. The summed E-state index contributed by atoms with van der Waals surface area (Å²) in [5.74, 6) is -1.51. The number of amidine groups is 1. The maximum Gasteiger partial charge on any atom is 0.322 e. The highest BCUT2D eigenvalue weighted by Crippen LogP contribution is 2.42. The predicted molar refractivity (Wildman–Crippen MR) is 132 cm³/mol. The van der Waals surface area contributed by atoms with Crippen LogP contribution in [-0.4, -0.2) is 55.6 Å². The van der Waals surface area contributed by atoms with E-state index in [0.717, 1.165) is 18.4 Å². The van der Waals surface area contributed by atoms with Gasteiger partial charge in [-0.3, -0.25) is 9.79 Å². The molecular formula is C21H19BrClFN4O4S2. The lowest BCUT2D eigenvalue weighted by molar-refractivity contribution is -0.137. The molecule has 1 saturated heterocycles. The van der Waals surface area contributed by atoms with Crippen LogP contribution in [0.15, 0.2) is 57.1 Å². The summed E-state index contributed by atoms with van der Waals surface area (Å²) in [6, 6.07) is 3.08. The Balaban J connectivity index is 1.77. The molecule has 4 rings (SSSR count). The number of nitrogens with one attached hydrogen (secondary N) is 1. The molecular weight excluding hydrogens is 571 g/mol. The van der Waals surface area contributed by atoms with Gasteiger partial charge in [0.25, 0.3) is 0 Å². The van der Waals surface area contributed by atoms with Gasteiger partial charge in [-0.15, -0.1) is 11.3 Å². The number of ether oxygens (including phenoxy) is 1. The van der Waals surface area contributed by atoms with E-state index in [1.807, 2.05) is 16.4 Å². The average Bonchev–Trinajstić information content (AvgIpc) is 3.44. The lowest BCUT2D eigenvalue weighted by atomic mass is 9.94. The van der Waals surface area contributed by atoms with Gasteiger partial charge in [-0.1, -0.05) is 33.6 Å². The molecule has 0 radical (unpaired) electrons. The number of aromatic nitrogens is 1. The van der Waals surface area contributed by atoms with Crippen LogP contribution in [0.1, 0.15) is 23.0 Å². The van der Waals surface area contributed by atoms with Crippen molar-refractivity contribution < 1.29 is 22.3 Å². The summed E-state index contributed by atoms with van der Waals surface area (Å²) >= 11 is 11.1. The van der Waals surface area contributed by atoms with E-state index in [1.165, 1.54) is 23.5 Å². The number of sulfonamides is 1. The fourth-order valence-electron chi connectivity index (χ4n) is 3.95. The number of hydrogen-bond acceptors (Lipinski definition) is 8. The topological polar surface area (TPSA) is 101 Å². The summed E-state index contributed by atoms with van der Waals surface area (Å²) in [5, 5.41) is 2.71. The quantitative estimate of drug-likeness (QED) is 0.494. The zero-order valence-electron chi connectivity index (χ0n) is 17.7. The Hall–Kier alpha value is -2.12. The molecule has 2 aromatic rings. The van der Waals surface area contributed by atoms with Crippen molar-refractivity contribution in [2.45, 2.75) is 18.5 Å². The molecule has 0 unspecified atom stereocenters. The molecule has 3 heterocycles. The van der Waals surface area contributed by atoms with Gasteiger partial charge in [0.15, 0.2) is 16.6 Å². The molecule has 8 nitrogen and oxygen atoms in total. The standard InChI is InChI=1S/C21H19BrClFN4O4S2/c1-32-18(29)11-34(30,31)27-13-9-17-15(4-5-22)19(14-3-2-12(24)8-16(14)23)26-20(28(17)10-13)21-25-6-7-33-21/h2-8,13,19,27H,9-11H2,1H3/b5-4+/t13-,19-/m0/s1. The number of fused-ring (bicyclic) bond motifs is 1. The minimum Gasteiger partial charge on any atom is -0.468 e. The number of halogens is 3. The molecule has 1 aromatic heterocycles. The molecule has 0 bridgehead atoms. The fourth-order valence-corrected chi connectivity index (χ4v) is 6.33. The summed E-state index contributed by atoms with van der Waals surface area (Å²) in [6.45, 7) is 0.289. The first-order valence-electron chi connectivity index (χ1n) is 9.99. The maximum absolute atomic E-state index is 13.7. The SMILES string of the molecule is COC(=O)CS(=O)(=O)N[C@H]1CC2=C(/C=C/Br)[C@H](c3ccc(F)cc3Cl)N=C(c3nccs3)N2C1. The van der Waals surface area contributed by atoms with Crippen LogP contribution in [0.5, 0.6) is 0 Å². The second-order valence-electron chi connectivity index (χ2n) is 7.52. The molecule has 34 heavy (non-hydrogen) atoms. The van der Waals surface area contributed by atoms with E-state index in [2.05, 4.69) is 30.4 Å². The predicted octanol–water partition coefficient (Wildman–Crippen LogP) is 3.77. The minimum atomic E-state index is -3.91. The highest BCUT2D eigenvalue weighted by atomic mass is 79.9. The molecule has 180 valence electrons. The third-order valence-corrected chi connectivity index (χ3v) is 7.98. The first-order chi connectivity index (χ1) is 16.2. The monoisotopic (exact) mass is 588 g/mol. The Bertz CT molecular complexity index is 1300. The van der Waals surface area contributed by atoms with Crippen LogP contribution < -0.4 is 4.72 Å². The summed E-state index contributed by atoms with van der Waals surface area (Å²) in [5.41, 5.74) is 2.21. The molecule has 0 saturated carbocycles. The molecule has 0 amide bonds. The number of benzene rings is 1. The molecule has 0 spiro atoms. The Labute approximate surface area is 213 Å². The number of nitrogens with zero attached hydrogens (tertiary/aromatic N) is 3. The Kier molecular flexibility index (Phi) is 7.53. The van der Waals surface area contributed by atoms with Gasteiger partial charge in [0, 0.05) is 46.9 Å². The van der Waals surface area contributed by atoms with Crippen LogP contribution in [0.2, 0.25) is 5.02 Å². The molecule has 2 atom stereocenters. The Morgan fingerprint density at radius 3 is 2.91 bits per heavy atom. The van der Waals surface area contributed by atoms with Crippen molar-refractivity contribution in [3.05, 3.63) is 73.5 Å². The maximum atomic E-state index is 13.7. The van der Waals surface area contributed by atoms with Crippen molar-refractivity contribution in [1.82, 2.24) is 14.6 Å². The largest absolute Gasteiger partial charge is 0.468 e. The average molecular weight is 590 g/mol. The van der Waals surface area contributed by atoms with Crippen molar-refractivity contribution in [3.63, 3.8) is 0 Å². The van der Waals surface area contributed by atoms with Crippen molar-refractivity contribution in [1.29, 1.82) is 0 Å². The van der Waals surface area contributed by atoms with Crippen molar-refractivity contribution in [3.8, 4) is 0 Å². The zero-order valence-corrected chi connectivity index (χ0v) is 21.7. The van der Waals surface area contributed by atoms with Gasteiger partial charge in [0.05, 0.1) is 7.11 Å². The van der Waals surface area contributed by atoms with Gasteiger partial charge >= 0.3 is 5.97 Å². The first kappa shape index (κ1) is 25.0. The lowest BCUT2D eigenvalue weighted by Crippen LogP contribution is -2.41. The summed E-state index contributed by atoms with van der Waals surface area (Å²) in [6.07, 6.45) is 3.82. The number of hydrogen-bond donors (Lipinski definition) is 1. The highest BCUT2D eigenvalue weighted by molar-refractivity contribution is 9.11. The molecule has 1 aromatic carbocycles. The lowest BCUT2D eigenvalue weighted by Gasteiger charge is -2.31. The number of aliphatic imine (C=N–C) groups is 1. The zero-order chi connectivity index (χ0) is 24.5. The van der Waals surface area contributed by atoms with Gasteiger partial charge in [-0.05, 0) is 28.8 Å². The second-order valence-corrected chi connectivity index (χ2v) is 11.1. The normalized spacial score (nSPS) is 20.6. The van der Waals surface area contributed by atoms with Gasteiger partial charge < -0.3 is 9.64 Å². The van der Waals surface area contributed by atoms with E-state index < -0.39 is 39.6 Å². The van der Waals surface area contributed by atoms with E-state index in [4.69, 9.17) is 16.6 Å². The van der Waals surface area contributed by atoms with Gasteiger partial charge in [0.1, 0.15) is 11.9 Å². The Morgan fingerprint density at radius 2 is 2.26 bits per heavy atom. The third kappa shape index (κ3) is 5.25. The van der Waals surface area contributed by atoms with E-state index in [9.17, 15) is 17.6 Å². The minimum absolute atomic E-state index is 0.232. The van der Waals surface area contributed by atoms with Crippen LogP contribution in [0.4, 0.5) is 4.39 Å². The summed E-state index contributed by atoms with van der Waals surface area (Å²) in [7, 11) is -2.78. The van der Waals surface area contributed by atoms with Gasteiger partial charge in [-0.2, -0.15) is 0 Å². The third-order valence-electron chi connectivity index (χ3n) is 5.31. The molecule has 1 N–H and O–H groups in total. The molecule has 2 aliphatic heterocycles. The van der Waals surface area contributed by atoms with E-state index in [1.54, 1.807) is 17.2 Å². The molecule has 1 fully saturated rings. The number of carbonyl (C=O) groups is 1. The van der Waals surface area contributed by atoms with Crippen molar-refractivity contribution in [2.75, 3.05) is 19.4 Å². The van der Waals surface area contributed by atoms with Crippen LogP contribution in [0.3, 0.4) is 0 Å². The molecule has 13 heteroatoms. The van der Waals surface area contributed by atoms with Crippen molar-refractivity contribution >= 4 is 60.7 Å². The van der Waals surface area contributed by atoms with E-state index in [-0.39, 0.29) is 11.6 Å². The summed E-state index contributed by atoms with van der Waals surface area (Å²) in [4.78, 5) is 24.4. The van der Waals surface area contributed by atoms with Gasteiger partial charge in [0.2, 0.25) is 10.0 Å². The van der Waals surface area contributed by atoms with E-state index >= 15 is 0 Å². The van der Waals surface area contributed by atoms with E-state index in [0.29, 0.717) is 22.8 Å². The van der Waals surface area contributed by atoms with Crippen LogP contribution in [-0.2, 0) is 19.6 Å². The van der Waals surface area contributed by atoms with Crippen LogP contribution in [0.25, 0.3) is 0 Å². The Morgan fingerprint density at radius 1 is 1.47 bits per heavy atom.